The third-order valence-electron chi connectivity index (χ3n) is 7.29. The molecule has 1 saturated carbocycles. The molecule has 0 bridgehead atoms. The molecule has 1 aliphatic heterocycles. The van der Waals surface area contributed by atoms with Crippen molar-refractivity contribution in [2.24, 2.45) is 0 Å². The summed E-state index contributed by atoms with van der Waals surface area (Å²) >= 11 is 0. The quantitative estimate of drug-likeness (QED) is 0.379. The molecule has 2 heteroatoms. The molecule has 0 aromatic heterocycles. The average molecular weight is 384 g/mol. The molecule has 2 nitrogen and oxygen atoms in total. The SMILES string of the molecule is [O-][N+]1(C2CCCCC2)CC(c2ccccc2)(c2ccccc2)C1c1ccccc1. The molecule has 2 atom stereocenters. The van der Waals surface area contributed by atoms with Crippen LogP contribution in [0, 0.1) is 5.21 Å². The third kappa shape index (κ3) is 2.94. The molecular weight excluding hydrogens is 354 g/mol. The first kappa shape index (κ1) is 18.6. The van der Waals surface area contributed by atoms with Crippen LogP contribution in [0.25, 0.3) is 0 Å². The van der Waals surface area contributed by atoms with E-state index in [1.807, 2.05) is 0 Å². The van der Waals surface area contributed by atoms with Crippen molar-refractivity contribution < 1.29 is 4.65 Å². The fourth-order valence-corrected chi connectivity index (χ4v) is 5.99. The van der Waals surface area contributed by atoms with Crippen molar-refractivity contribution in [2.75, 3.05) is 6.54 Å². The summed E-state index contributed by atoms with van der Waals surface area (Å²) in [6.45, 7) is 0.630. The Labute approximate surface area is 174 Å². The van der Waals surface area contributed by atoms with Crippen molar-refractivity contribution in [3.8, 4) is 0 Å². The molecule has 5 rings (SSSR count). The number of hydrogen-bond donors (Lipinski definition) is 0. The van der Waals surface area contributed by atoms with E-state index in [2.05, 4.69) is 91.0 Å². The van der Waals surface area contributed by atoms with Gasteiger partial charge in [0.2, 0.25) is 0 Å². The van der Waals surface area contributed by atoms with E-state index in [0.29, 0.717) is 6.54 Å². The zero-order valence-corrected chi connectivity index (χ0v) is 16.9. The first-order valence-electron chi connectivity index (χ1n) is 11.0. The van der Waals surface area contributed by atoms with Crippen molar-refractivity contribution in [1.82, 2.24) is 0 Å². The van der Waals surface area contributed by atoms with Crippen LogP contribution in [-0.4, -0.2) is 17.2 Å². The summed E-state index contributed by atoms with van der Waals surface area (Å²) in [5.41, 5.74) is 3.43. The van der Waals surface area contributed by atoms with Gasteiger partial charge in [-0.25, -0.2) is 0 Å². The minimum absolute atomic E-state index is 0.0756. The predicted octanol–water partition coefficient (Wildman–Crippen LogP) is 6.37. The van der Waals surface area contributed by atoms with Gasteiger partial charge in [0.05, 0.1) is 12.6 Å². The summed E-state index contributed by atoms with van der Waals surface area (Å²) in [5, 5.41) is 14.5. The Morgan fingerprint density at radius 3 is 1.66 bits per heavy atom. The van der Waals surface area contributed by atoms with E-state index >= 15 is 0 Å². The minimum Gasteiger partial charge on any atom is -0.632 e. The maximum atomic E-state index is 14.5. The largest absolute Gasteiger partial charge is 0.632 e. The average Bonchev–Trinajstić information content (AvgIpc) is 2.79. The molecule has 0 radical (unpaired) electrons. The van der Waals surface area contributed by atoms with Gasteiger partial charge in [0.15, 0.2) is 0 Å². The zero-order valence-electron chi connectivity index (χ0n) is 16.9. The number of quaternary nitrogens is 1. The van der Waals surface area contributed by atoms with E-state index in [-0.39, 0.29) is 22.1 Å². The molecule has 2 unspecified atom stereocenters. The second-order valence-electron chi connectivity index (χ2n) is 8.82. The molecule has 3 aromatic rings. The maximum absolute atomic E-state index is 14.5. The topological polar surface area (TPSA) is 23.1 Å². The van der Waals surface area contributed by atoms with Crippen LogP contribution in [-0.2, 0) is 5.41 Å². The lowest BCUT2D eigenvalue weighted by Crippen LogP contribution is -2.74. The summed E-state index contributed by atoms with van der Waals surface area (Å²) in [5.74, 6) is 0. The number of nitrogens with zero attached hydrogens (tertiary/aromatic N) is 1. The van der Waals surface area contributed by atoms with Crippen molar-refractivity contribution in [3.63, 3.8) is 0 Å². The number of hydrogen-bond acceptors (Lipinski definition) is 1. The summed E-state index contributed by atoms with van der Waals surface area (Å²) in [4.78, 5) is 0. The summed E-state index contributed by atoms with van der Waals surface area (Å²) in [6, 6.07) is 32.1. The van der Waals surface area contributed by atoms with Gasteiger partial charge in [-0.05, 0) is 36.8 Å². The summed E-state index contributed by atoms with van der Waals surface area (Å²) in [7, 11) is 0. The van der Waals surface area contributed by atoms with E-state index in [1.54, 1.807) is 0 Å². The summed E-state index contributed by atoms with van der Waals surface area (Å²) in [6.07, 6.45) is 5.78. The fourth-order valence-electron chi connectivity index (χ4n) is 5.99. The standard InChI is InChI=1S/C27H29NO/c29-28(25-19-11-4-12-20-25)21-27(23-15-7-2-8-16-23,24-17-9-3-10-18-24)26(28)22-13-5-1-6-14-22/h1-3,5-10,13-18,25-26H,4,11-12,19-21H2. The third-order valence-corrected chi connectivity index (χ3v) is 7.29. The van der Waals surface area contributed by atoms with Crippen LogP contribution in [0.2, 0.25) is 0 Å². The Kier molecular flexibility index (Phi) is 4.77. The van der Waals surface area contributed by atoms with Crippen LogP contribution in [0.1, 0.15) is 54.8 Å². The number of rotatable bonds is 4. The first-order valence-corrected chi connectivity index (χ1v) is 11.0. The van der Waals surface area contributed by atoms with Gasteiger partial charge >= 0.3 is 0 Å². The number of benzene rings is 3. The van der Waals surface area contributed by atoms with Gasteiger partial charge in [-0.3, -0.25) is 0 Å². The highest BCUT2D eigenvalue weighted by Gasteiger charge is 2.65. The van der Waals surface area contributed by atoms with Gasteiger partial charge in [-0.2, -0.15) is 0 Å². The lowest BCUT2D eigenvalue weighted by atomic mass is 9.59. The van der Waals surface area contributed by atoms with Gasteiger partial charge in [0, 0.05) is 5.56 Å². The number of likely N-dealkylation sites (tertiary alicyclic amines) is 1. The van der Waals surface area contributed by atoms with Gasteiger partial charge in [0.1, 0.15) is 11.5 Å². The maximum Gasteiger partial charge on any atom is 0.134 e. The van der Waals surface area contributed by atoms with Crippen molar-refractivity contribution >= 4 is 0 Å². The fraction of sp³-hybridized carbons (Fsp3) is 0.333. The van der Waals surface area contributed by atoms with Crippen LogP contribution in [0.3, 0.4) is 0 Å². The van der Waals surface area contributed by atoms with Crippen LogP contribution in [0.5, 0.6) is 0 Å². The highest BCUT2D eigenvalue weighted by Crippen LogP contribution is 2.61. The van der Waals surface area contributed by atoms with Crippen LogP contribution < -0.4 is 0 Å². The molecule has 1 heterocycles. The normalized spacial score (nSPS) is 26.6. The van der Waals surface area contributed by atoms with Gasteiger partial charge < -0.3 is 9.85 Å². The van der Waals surface area contributed by atoms with E-state index in [0.717, 1.165) is 12.8 Å². The predicted molar refractivity (Wildman–Crippen MR) is 118 cm³/mol. The molecule has 1 aliphatic carbocycles. The van der Waals surface area contributed by atoms with Crippen LogP contribution in [0.15, 0.2) is 91.0 Å². The Morgan fingerprint density at radius 1 is 0.655 bits per heavy atom. The van der Waals surface area contributed by atoms with Gasteiger partial charge in [-0.15, -0.1) is 0 Å². The van der Waals surface area contributed by atoms with E-state index < -0.39 is 0 Å². The first-order chi connectivity index (χ1) is 14.2. The van der Waals surface area contributed by atoms with Gasteiger partial charge in [0.25, 0.3) is 0 Å². The zero-order chi connectivity index (χ0) is 19.7. The Hall–Kier alpha value is -2.42. The van der Waals surface area contributed by atoms with E-state index in [9.17, 15) is 5.21 Å². The second kappa shape index (κ2) is 7.44. The Balaban J connectivity index is 1.70. The Morgan fingerprint density at radius 2 is 1.14 bits per heavy atom. The van der Waals surface area contributed by atoms with Crippen LogP contribution in [0.4, 0.5) is 0 Å². The lowest BCUT2D eigenvalue weighted by molar-refractivity contribution is -0.988. The molecule has 1 saturated heterocycles. The second-order valence-corrected chi connectivity index (χ2v) is 8.82. The monoisotopic (exact) mass is 383 g/mol. The molecule has 2 aliphatic rings. The molecular formula is C27H29NO. The highest BCUT2D eigenvalue weighted by atomic mass is 16.6. The molecule has 0 amide bonds. The smallest absolute Gasteiger partial charge is 0.134 e. The molecule has 3 aromatic carbocycles. The van der Waals surface area contributed by atoms with Crippen molar-refractivity contribution in [3.05, 3.63) is 113 Å². The highest BCUT2D eigenvalue weighted by molar-refractivity contribution is 5.46. The van der Waals surface area contributed by atoms with E-state index in [1.165, 1.54) is 36.0 Å². The van der Waals surface area contributed by atoms with Crippen LogP contribution >= 0.6 is 0 Å². The van der Waals surface area contributed by atoms with E-state index in [4.69, 9.17) is 0 Å². The van der Waals surface area contributed by atoms with Gasteiger partial charge in [-0.1, -0.05) is 97.4 Å². The Bertz CT molecular complexity index is 895. The number of hydroxylamine groups is 3. The van der Waals surface area contributed by atoms with Crippen molar-refractivity contribution in [2.45, 2.75) is 49.6 Å². The van der Waals surface area contributed by atoms with Crippen molar-refractivity contribution in [1.29, 1.82) is 0 Å². The minimum atomic E-state index is -0.275. The lowest BCUT2D eigenvalue weighted by Gasteiger charge is -2.70. The summed E-state index contributed by atoms with van der Waals surface area (Å²) < 4.78 is -0.0756. The molecule has 2 fully saturated rings. The molecule has 0 N–H and O–H groups in total. The molecule has 0 spiro atoms. The molecule has 148 valence electrons. The molecule has 29 heavy (non-hydrogen) atoms.